The van der Waals surface area contributed by atoms with Crippen LogP contribution in [0.4, 0.5) is 4.39 Å². The number of rotatable bonds is 3. The van der Waals surface area contributed by atoms with Gasteiger partial charge in [-0.1, -0.05) is 6.07 Å². The van der Waals surface area contributed by atoms with Crippen LogP contribution in [-0.4, -0.2) is 31.1 Å². The average molecular weight is 329 g/mol. The number of carbonyl (C=O) groups is 1. The molecule has 0 spiro atoms. The summed E-state index contributed by atoms with van der Waals surface area (Å²) in [6.45, 7) is 2.46. The summed E-state index contributed by atoms with van der Waals surface area (Å²) in [4.78, 5) is 14.5. The van der Waals surface area contributed by atoms with Crippen molar-refractivity contribution in [1.29, 1.82) is 0 Å². The highest BCUT2D eigenvalue weighted by Gasteiger charge is 2.29. The fourth-order valence-corrected chi connectivity index (χ4v) is 3.13. The van der Waals surface area contributed by atoms with Gasteiger partial charge in [-0.3, -0.25) is 4.79 Å². The van der Waals surface area contributed by atoms with Crippen LogP contribution < -0.4 is 9.47 Å². The van der Waals surface area contributed by atoms with Crippen molar-refractivity contribution in [2.45, 2.75) is 25.9 Å². The van der Waals surface area contributed by atoms with Crippen molar-refractivity contribution in [2.75, 3.05) is 14.2 Å². The Morgan fingerprint density at radius 2 is 1.79 bits per heavy atom. The Balaban J connectivity index is 1.92. The molecule has 0 aromatic heterocycles. The van der Waals surface area contributed by atoms with E-state index in [-0.39, 0.29) is 11.9 Å². The van der Waals surface area contributed by atoms with E-state index >= 15 is 0 Å². The van der Waals surface area contributed by atoms with Gasteiger partial charge in [-0.25, -0.2) is 4.39 Å². The zero-order valence-corrected chi connectivity index (χ0v) is 14.0. The summed E-state index contributed by atoms with van der Waals surface area (Å²) in [6.07, 6.45) is 0.719. The lowest BCUT2D eigenvalue weighted by Gasteiger charge is -2.35. The molecule has 24 heavy (non-hydrogen) atoms. The molecular weight excluding hydrogens is 309 g/mol. The van der Waals surface area contributed by atoms with Gasteiger partial charge in [-0.05, 0) is 54.8 Å². The molecule has 1 amide bonds. The molecule has 1 heterocycles. The lowest BCUT2D eigenvalue weighted by molar-refractivity contribution is 0.0657. The molecule has 0 fully saturated rings. The molecule has 1 aliphatic heterocycles. The second kappa shape index (κ2) is 6.51. The van der Waals surface area contributed by atoms with Gasteiger partial charge in [0, 0.05) is 18.2 Å². The summed E-state index contributed by atoms with van der Waals surface area (Å²) in [5, 5.41) is 0. The molecule has 1 unspecified atom stereocenters. The first-order valence-corrected chi connectivity index (χ1v) is 7.83. The molecule has 0 bridgehead atoms. The van der Waals surface area contributed by atoms with E-state index in [9.17, 15) is 9.18 Å². The summed E-state index contributed by atoms with van der Waals surface area (Å²) in [6, 6.07) is 9.70. The molecule has 1 aliphatic rings. The van der Waals surface area contributed by atoms with E-state index in [2.05, 4.69) is 0 Å². The normalized spacial score (nSPS) is 16.5. The number of nitrogens with zero attached hydrogens (tertiary/aromatic N) is 1. The van der Waals surface area contributed by atoms with Crippen molar-refractivity contribution in [3.8, 4) is 11.5 Å². The fraction of sp³-hybridized carbons (Fsp3) is 0.316. The highest BCUT2D eigenvalue weighted by molar-refractivity contribution is 5.94. The van der Waals surface area contributed by atoms with Crippen LogP contribution in [0, 0.1) is 5.82 Å². The largest absolute Gasteiger partial charge is 0.493 e. The average Bonchev–Trinajstić information content (AvgIpc) is 2.59. The minimum absolute atomic E-state index is 0.0198. The number of amides is 1. The number of halogens is 1. The molecule has 1 atom stereocenters. The molecule has 4 nitrogen and oxygen atoms in total. The highest BCUT2D eigenvalue weighted by atomic mass is 19.1. The molecular formula is C19H20FNO3. The van der Waals surface area contributed by atoms with Crippen LogP contribution in [-0.2, 0) is 13.0 Å². The van der Waals surface area contributed by atoms with E-state index in [1.54, 1.807) is 31.3 Å². The van der Waals surface area contributed by atoms with Crippen molar-refractivity contribution in [3.05, 3.63) is 58.9 Å². The second-order valence-electron chi connectivity index (χ2n) is 5.97. The van der Waals surface area contributed by atoms with Crippen molar-refractivity contribution >= 4 is 5.91 Å². The summed E-state index contributed by atoms with van der Waals surface area (Å²) in [5.74, 6) is 0.761. The van der Waals surface area contributed by atoms with Crippen LogP contribution in [0.5, 0.6) is 11.5 Å². The number of carbonyl (C=O) groups excluding carboxylic acids is 1. The van der Waals surface area contributed by atoms with Crippen LogP contribution >= 0.6 is 0 Å². The molecule has 0 aliphatic carbocycles. The predicted octanol–water partition coefficient (Wildman–Crippen LogP) is 3.43. The summed E-state index contributed by atoms with van der Waals surface area (Å²) in [7, 11) is 3.20. The van der Waals surface area contributed by atoms with E-state index in [0.717, 1.165) is 17.5 Å². The third kappa shape index (κ3) is 2.94. The molecule has 0 radical (unpaired) electrons. The molecule has 2 aromatic rings. The highest BCUT2D eigenvalue weighted by Crippen LogP contribution is 2.35. The van der Waals surface area contributed by atoms with E-state index in [4.69, 9.17) is 9.47 Å². The minimum atomic E-state index is -0.405. The van der Waals surface area contributed by atoms with Crippen LogP contribution in [0.1, 0.15) is 28.4 Å². The summed E-state index contributed by atoms with van der Waals surface area (Å²) >= 11 is 0. The lowest BCUT2D eigenvalue weighted by Crippen LogP contribution is -2.42. The van der Waals surface area contributed by atoms with Crippen molar-refractivity contribution in [1.82, 2.24) is 4.90 Å². The third-order valence-electron chi connectivity index (χ3n) is 4.43. The second-order valence-corrected chi connectivity index (χ2v) is 5.97. The SMILES string of the molecule is COc1cc2c(cc1OC)CN(C(=O)c1cccc(F)c1)C(C)C2. The van der Waals surface area contributed by atoms with Gasteiger partial charge >= 0.3 is 0 Å². The number of methoxy groups -OCH3 is 2. The standard InChI is InChI=1S/C19H20FNO3/c1-12-7-14-9-17(23-2)18(24-3)10-15(14)11-21(12)19(22)13-5-4-6-16(20)8-13/h4-6,8-10,12H,7,11H2,1-3H3. The van der Waals surface area contributed by atoms with E-state index in [1.165, 1.54) is 12.1 Å². The van der Waals surface area contributed by atoms with Gasteiger partial charge in [0.15, 0.2) is 11.5 Å². The van der Waals surface area contributed by atoms with Crippen LogP contribution in [0.2, 0.25) is 0 Å². The maximum absolute atomic E-state index is 13.4. The van der Waals surface area contributed by atoms with Crippen LogP contribution in [0.25, 0.3) is 0 Å². The topological polar surface area (TPSA) is 38.8 Å². The van der Waals surface area contributed by atoms with Gasteiger partial charge in [0.25, 0.3) is 5.91 Å². The van der Waals surface area contributed by atoms with Crippen molar-refractivity contribution < 1.29 is 18.7 Å². The Morgan fingerprint density at radius 1 is 1.12 bits per heavy atom. The number of benzene rings is 2. The van der Waals surface area contributed by atoms with Gasteiger partial charge in [0.2, 0.25) is 0 Å². The first kappa shape index (κ1) is 16.3. The maximum atomic E-state index is 13.4. The van der Waals surface area contributed by atoms with Gasteiger partial charge in [-0.15, -0.1) is 0 Å². The van der Waals surface area contributed by atoms with Gasteiger partial charge in [-0.2, -0.15) is 0 Å². The Bertz CT molecular complexity index is 775. The lowest BCUT2D eigenvalue weighted by atomic mass is 9.93. The molecule has 0 saturated heterocycles. The van der Waals surface area contributed by atoms with E-state index < -0.39 is 5.82 Å². The smallest absolute Gasteiger partial charge is 0.254 e. The van der Waals surface area contributed by atoms with Gasteiger partial charge < -0.3 is 14.4 Å². The van der Waals surface area contributed by atoms with Gasteiger partial charge in [0.1, 0.15) is 5.82 Å². The number of hydrogen-bond donors (Lipinski definition) is 0. The molecule has 2 aromatic carbocycles. The maximum Gasteiger partial charge on any atom is 0.254 e. The first-order chi connectivity index (χ1) is 11.5. The van der Waals surface area contributed by atoms with Crippen molar-refractivity contribution in [3.63, 3.8) is 0 Å². The van der Waals surface area contributed by atoms with Crippen molar-refractivity contribution in [2.24, 2.45) is 0 Å². The van der Waals surface area contributed by atoms with Crippen LogP contribution in [0.15, 0.2) is 36.4 Å². The molecule has 0 N–H and O–H groups in total. The Kier molecular flexibility index (Phi) is 4.42. The number of fused-ring (bicyclic) bond motifs is 1. The zero-order chi connectivity index (χ0) is 17.3. The monoisotopic (exact) mass is 329 g/mol. The summed E-state index contributed by atoms with van der Waals surface area (Å²) < 4.78 is 24.1. The minimum Gasteiger partial charge on any atom is -0.493 e. The fourth-order valence-electron chi connectivity index (χ4n) is 3.13. The Morgan fingerprint density at radius 3 is 2.42 bits per heavy atom. The summed E-state index contributed by atoms with van der Waals surface area (Å²) in [5.41, 5.74) is 2.53. The Labute approximate surface area is 140 Å². The molecule has 3 rings (SSSR count). The van der Waals surface area contributed by atoms with Gasteiger partial charge in [0.05, 0.1) is 14.2 Å². The zero-order valence-electron chi connectivity index (χ0n) is 14.0. The van der Waals surface area contributed by atoms with Crippen LogP contribution in [0.3, 0.4) is 0 Å². The Hall–Kier alpha value is -2.56. The van der Waals surface area contributed by atoms with E-state index in [0.29, 0.717) is 23.6 Å². The number of ether oxygens (including phenoxy) is 2. The first-order valence-electron chi connectivity index (χ1n) is 7.83. The molecule has 5 heteroatoms. The van der Waals surface area contributed by atoms with E-state index in [1.807, 2.05) is 19.1 Å². The quantitative estimate of drug-likeness (QED) is 0.866. The number of hydrogen-bond acceptors (Lipinski definition) is 3. The third-order valence-corrected chi connectivity index (χ3v) is 4.43. The molecule has 0 saturated carbocycles. The molecule has 126 valence electrons. The predicted molar refractivity (Wildman–Crippen MR) is 89.0 cm³/mol.